The SMILES string of the molecule is Cc1cc(C)c(C(C)(O)C(F)C(=O)O)c(C)c1. The molecule has 1 aromatic carbocycles. The molecule has 0 heterocycles. The first-order valence-electron chi connectivity index (χ1n) is 5.35. The molecule has 2 N–H and O–H groups in total. The van der Waals surface area contributed by atoms with Gasteiger partial charge in [0, 0.05) is 0 Å². The maximum atomic E-state index is 13.6. The second-order valence-corrected chi connectivity index (χ2v) is 4.62. The van der Waals surface area contributed by atoms with Gasteiger partial charge in [-0.3, -0.25) is 0 Å². The van der Waals surface area contributed by atoms with E-state index in [9.17, 15) is 14.3 Å². The smallest absolute Gasteiger partial charge is 0.341 e. The Bertz CT molecular complexity index is 429. The summed E-state index contributed by atoms with van der Waals surface area (Å²) in [7, 11) is 0. The van der Waals surface area contributed by atoms with E-state index in [1.807, 2.05) is 6.92 Å². The summed E-state index contributed by atoms with van der Waals surface area (Å²) in [5.41, 5.74) is 0.698. The summed E-state index contributed by atoms with van der Waals surface area (Å²) in [6.07, 6.45) is -2.34. The number of hydrogen-bond donors (Lipinski definition) is 2. The van der Waals surface area contributed by atoms with E-state index in [2.05, 4.69) is 0 Å². The number of aliphatic hydroxyl groups is 1. The zero-order valence-electron chi connectivity index (χ0n) is 10.4. The number of carboxylic acid groups (broad SMARTS) is 1. The molecule has 17 heavy (non-hydrogen) atoms. The lowest BCUT2D eigenvalue weighted by Crippen LogP contribution is -2.40. The molecule has 2 atom stereocenters. The molecule has 0 aliphatic carbocycles. The van der Waals surface area contributed by atoms with Crippen LogP contribution in [-0.4, -0.2) is 22.4 Å². The molecule has 4 heteroatoms. The van der Waals surface area contributed by atoms with Crippen molar-refractivity contribution in [2.24, 2.45) is 0 Å². The summed E-state index contributed by atoms with van der Waals surface area (Å²) in [5.74, 6) is -1.66. The van der Waals surface area contributed by atoms with Crippen LogP contribution < -0.4 is 0 Å². The van der Waals surface area contributed by atoms with Crippen molar-refractivity contribution in [1.82, 2.24) is 0 Å². The van der Waals surface area contributed by atoms with E-state index < -0.39 is 17.7 Å². The fourth-order valence-corrected chi connectivity index (χ4v) is 2.35. The minimum Gasteiger partial charge on any atom is -0.479 e. The van der Waals surface area contributed by atoms with Crippen molar-refractivity contribution in [3.63, 3.8) is 0 Å². The topological polar surface area (TPSA) is 57.5 Å². The first kappa shape index (κ1) is 13.6. The van der Waals surface area contributed by atoms with Crippen molar-refractivity contribution in [2.45, 2.75) is 39.5 Å². The molecule has 0 saturated heterocycles. The first-order chi connectivity index (χ1) is 7.67. The molecule has 0 saturated carbocycles. The number of rotatable bonds is 3. The maximum absolute atomic E-state index is 13.6. The molecule has 1 rings (SSSR count). The van der Waals surface area contributed by atoms with Gasteiger partial charge in [0.05, 0.1) is 0 Å². The quantitative estimate of drug-likeness (QED) is 0.851. The van der Waals surface area contributed by atoms with Crippen molar-refractivity contribution in [3.05, 3.63) is 34.4 Å². The van der Waals surface area contributed by atoms with Gasteiger partial charge < -0.3 is 10.2 Å². The minimum atomic E-state index is -2.34. The van der Waals surface area contributed by atoms with E-state index in [1.165, 1.54) is 6.92 Å². The number of alkyl halides is 1. The van der Waals surface area contributed by atoms with Gasteiger partial charge in [-0.25, -0.2) is 9.18 Å². The van der Waals surface area contributed by atoms with Gasteiger partial charge in [-0.15, -0.1) is 0 Å². The van der Waals surface area contributed by atoms with Gasteiger partial charge in [0.1, 0.15) is 5.60 Å². The molecule has 1 aromatic rings. The predicted molar refractivity (Wildman–Crippen MR) is 62.8 cm³/mol. The van der Waals surface area contributed by atoms with E-state index in [1.54, 1.807) is 26.0 Å². The van der Waals surface area contributed by atoms with Gasteiger partial charge in [-0.05, 0) is 44.4 Å². The summed E-state index contributed by atoms with van der Waals surface area (Å²) < 4.78 is 13.6. The van der Waals surface area contributed by atoms with Crippen LogP contribution in [0.4, 0.5) is 4.39 Å². The average Bonchev–Trinajstić information content (AvgIpc) is 2.13. The van der Waals surface area contributed by atoms with Gasteiger partial charge in [-0.2, -0.15) is 0 Å². The van der Waals surface area contributed by atoms with Crippen LogP contribution in [0.1, 0.15) is 29.2 Å². The van der Waals surface area contributed by atoms with Crippen LogP contribution in [0.3, 0.4) is 0 Å². The molecule has 0 fully saturated rings. The Kier molecular flexibility index (Phi) is 3.57. The number of carboxylic acids is 1. The Labute approximate surface area is 99.9 Å². The van der Waals surface area contributed by atoms with E-state index in [0.717, 1.165) is 5.56 Å². The third-order valence-corrected chi connectivity index (χ3v) is 2.89. The van der Waals surface area contributed by atoms with Crippen LogP contribution in [0, 0.1) is 20.8 Å². The van der Waals surface area contributed by atoms with Crippen LogP contribution in [0.2, 0.25) is 0 Å². The van der Waals surface area contributed by atoms with Crippen molar-refractivity contribution in [2.75, 3.05) is 0 Å². The molecule has 0 aliphatic rings. The molecule has 0 aromatic heterocycles. The zero-order valence-corrected chi connectivity index (χ0v) is 10.4. The monoisotopic (exact) mass is 240 g/mol. The molecule has 0 spiro atoms. The molecular formula is C13H17FO3. The number of aliphatic carboxylic acids is 1. The number of hydrogen-bond acceptors (Lipinski definition) is 2. The molecule has 2 unspecified atom stereocenters. The van der Waals surface area contributed by atoms with Crippen LogP contribution in [0.5, 0.6) is 0 Å². The van der Waals surface area contributed by atoms with Crippen LogP contribution in [0.15, 0.2) is 12.1 Å². The third-order valence-electron chi connectivity index (χ3n) is 2.89. The Balaban J connectivity index is 3.38. The molecule has 0 radical (unpaired) electrons. The number of carbonyl (C=O) groups is 1. The van der Waals surface area contributed by atoms with Crippen LogP contribution in [-0.2, 0) is 10.4 Å². The third kappa shape index (κ3) is 2.47. The number of halogens is 1. The lowest BCUT2D eigenvalue weighted by atomic mass is 9.84. The fourth-order valence-electron chi connectivity index (χ4n) is 2.35. The van der Waals surface area contributed by atoms with Gasteiger partial charge in [0.2, 0.25) is 6.17 Å². The van der Waals surface area contributed by atoms with Crippen LogP contribution in [0.25, 0.3) is 0 Å². The summed E-state index contributed by atoms with van der Waals surface area (Å²) in [6.45, 7) is 6.55. The lowest BCUT2D eigenvalue weighted by molar-refractivity contribution is -0.153. The molecular weight excluding hydrogens is 223 g/mol. The molecule has 3 nitrogen and oxygen atoms in total. The van der Waals surface area contributed by atoms with Crippen molar-refractivity contribution in [1.29, 1.82) is 0 Å². The number of aryl methyl sites for hydroxylation is 3. The van der Waals surface area contributed by atoms with E-state index in [0.29, 0.717) is 16.7 Å². The van der Waals surface area contributed by atoms with Crippen molar-refractivity contribution < 1.29 is 19.4 Å². The van der Waals surface area contributed by atoms with Crippen molar-refractivity contribution in [3.8, 4) is 0 Å². The molecule has 94 valence electrons. The molecule has 0 amide bonds. The van der Waals surface area contributed by atoms with Crippen LogP contribution >= 0.6 is 0 Å². The summed E-state index contributed by atoms with van der Waals surface area (Å²) >= 11 is 0. The first-order valence-corrected chi connectivity index (χ1v) is 5.35. The Morgan fingerprint density at radius 3 is 2.06 bits per heavy atom. The fraction of sp³-hybridized carbons (Fsp3) is 0.462. The highest BCUT2D eigenvalue weighted by Crippen LogP contribution is 2.32. The standard InChI is InChI=1S/C13H17FO3/c1-7-5-8(2)10(9(3)6-7)13(4,17)11(14)12(15)16/h5-6,11,17H,1-4H3,(H,15,16). The van der Waals surface area contributed by atoms with Gasteiger partial charge in [0.15, 0.2) is 0 Å². The van der Waals surface area contributed by atoms with Gasteiger partial charge >= 0.3 is 5.97 Å². The highest BCUT2D eigenvalue weighted by Gasteiger charge is 2.41. The second-order valence-electron chi connectivity index (χ2n) is 4.62. The van der Waals surface area contributed by atoms with Crippen molar-refractivity contribution >= 4 is 5.97 Å². The van der Waals surface area contributed by atoms with Gasteiger partial charge in [0.25, 0.3) is 0 Å². The second kappa shape index (κ2) is 4.45. The largest absolute Gasteiger partial charge is 0.479 e. The summed E-state index contributed by atoms with van der Waals surface area (Å²) in [4.78, 5) is 10.7. The predicted octanol–water partition coefficient (Wildman–Crippen LogP) is 2.24. The minimum absolute atomic E-state index is 0.345. The van der Waals surface area contributed by atoms with E-state index in [4.69, 9.17) is 5.11 Å². The normalized spacial score (nSPS) is 16.4. The van der Waals surface area contributed by atoms with E-state index in [-0.39, 0.29) is 0 Å². The Morgan fingerprint density at radius 2 is 1.71 bits per heavy atom. The highest BCUT2D eigenvalue weighted by molar-refractivity contribution is 5.74. The number of benzene rings is 1. The van der Waals surface area contributed by atoms with E-state index >= 15 is 0 Å². The zero-order chi connectivity index (χ0) is 13.4. The van der Waals surface area contributed by atoms with Gasteiger partial charge in [-0.1, -0.05) is 17.7 Å². The highest BCUT2D eigenvalue weighted by atomic mass is 19.1. The Morgan fingerprint density at radius 1 is 1.29 bits per heavy atom. The Hall–Kier alpha value is -1.42. The summed E-state index contributed by atoms with van der Waals surface area (Å²) in [5, 5.41) is 18.8. The molecule has 0 bridgehead atoms. The molecule has 0 aliphatic heterocycles. The maximum Gasteiger partial charge on any atom is 0.341 e. The average molecular weight is 240 g/mol. The lowest BCUT2D eigenvalue weighted by Gasteiger charge is -2.29. The summed E-state index contributed by atoms with van der Waals surface area (Å²) in [6, 6.07) is 3.59.